The summed E-state index contributed by atoms with van der Waals surface area (Å²) in [6, 6.07) is 0. The van der Waals surface area contributed by atoms with Crippen molar-refractivity contribution in [1.82, 2.24) is 0 Å². The Morgan fingerprint density at radius 3 is 0.833 bits per heavy atom. The van der Waals surface area contributed by atoms with Gasteiger partial charge in [-0.25, -0.2) is 0 Å². The van der Waals surface area contributed by atoms with Gasteiger partial charge in [-0.3, -0.25) is 14.4 Å². The molecule has 0 amide bonds. The molecule has 0 aliphatic heterocycles. The fourth-order valence-corrected chi connectivity index (χ4v) is 8.59. The maximum Gasteiger partial charge on any atom is 0.306 e. The van der Waals surface area contributed by atoms with Gasteiger partial charge < -0.3 is 14.2 Å². The Morgan fingerprint density at radius 2 is 0.513 bits per heavy atom. The summed E-state index contributed by atoms with van der Waals surface area (Å²) in [7, 11) is 0. The molecular weight excluding hydrogens is 961 g/mol. The minimum atomic E-state index is -0.807. The maximum atomic E-state index is 12.9. The lowest BCUT2D eigenvalue weighted by Gasteiger charge is -2.18. The van der Waals surface area contributed by atoms with Crippen LogP contribution < -0.4 is 0 Å². The molecule has 0 heterocycles. The minimum absolute atomic E-state index is 0.0991. The number of carbonyl (C=O) groups excluding carboxylic acids is 3. The molecule has 0 fully saturated rings. The minimum Gasteiger partial charge on any atom is -0.462 e. The van der Waals surface area contributed by atoms with E-state index in [4.69, 9.17) is 14.2 Å². The average Bonchev–Trinajstić information content (AvgIpc) is 3.44. The highest BCUT2D eigenvalue weighted by Gasteiger charge is 2.19. The summed E-state index contributed by atoms with van der Waals surface area (Å²) in [4.78, 5) is 38.2. The number of allylic oxidation sites excluding steroid dienone is 22. The molecule has 6 nitrogen and oxygen atoms in total. The fraction of sp³-hybridized carbons (Fsp3) is 0.653. The van der Waals surface area contributed by atoms with Gasteiger partial charge in [0.1, 0.15) is 13.2 Å². The van der Waals surface area contributed by atoms with Crippen molar-refractivity contribution < 1.29 is 28.6 Å². The van der Waals surface area contributed by atoms with Crippen LogP contribution in [0.15, 0.2) is 134 Å². The number of rotatable bonds is 57. The van der Waals surface area contributed by atoms with Crippen LogP contribution in [0.2, 0.25) is 0 Å². The van der Waals surface area contributed by atoms with Gasteiger partial charge in [0.15, 0.2) is 6.10 Å². The summed E-state index contributed by atoms with van der Waals surface area (Å²) in [5.74, 6) is -0.966. The van der Waals surface area contributed by atoms with Crippen LogP contribution in [0.4, 0.5) is 0 Å². The predicted molar refractivity (Wildman–Crippen MR) is 339 cm³/mol. The second kappa shape index (κ2) is 65.1. The molecule has 0 aliphatic rings. The molecule has 6 heteroatoms. The zero-order valence-corrected chi connectivity index (χ0v) is 50.6. The van der Waals surface area contributed by atoms with Crippen LogP contribution in [0.1, 0.15) is 284 Å². The Morgan fingerprint density at radius 1 is 0.269 bits per heavy atom. The molecule has 0 aromatic carbocycles. The van der Waals surface area contributed by atoms with Crippen LogP contribution in [0.5, 0.6) is 0 Å². The van der Waals surface area contributed by atoms with Crippen LogP contribution in [0.3, 0.4) is 0 Å². The third kappa shape index (κ3) is 62.4. The normalized spacial score (nSPS) is 13.0. The number of carbonyl (C=O) groups is 3. The Hall–Kier alpha value is -4.45. The Balaban J connectivity index is 4.39. The van der Waals surface area contributed by atoms with Crippen molar-refractivity contribution >= 4 is 17.9 Å². The molecular formula is C72H118O6. The van der Waals surface area contributed by atoms with Crippen molar-refractivity contribution in [2.45, 2.75) is 290 Å². The van der Waals surface area contributed by atoms with Gasteiger partial charge in [-0.15, -0.1) is 0 Å². The topological polar surface area (TPSA) is 78.9 Å². The molecule has 442 valence electrons. The lowest BCUT2D eigenvalue weighted by molar-refractivity contribution is -0.167. The first-order valence-corrected chi connectivity index (χ1v) is 32.2. The smallest absolute Gasteiger partial charge is 0.306 e. The fourth-order valence-electron chi connectivity index (χ4n) is 8.59. The molecule has 78 heavy (non-hydrogen) atoms. The van der Waals surface area contributed by atoms with Crippen molar-refractivity contribution in [2.24, 2.45) is 0 Å². The van der Waals surface area contributed by atoms with E-state index in [2.05, 4.69) is 154 Å². The monoisotopic (exact) mass is 1080 g/mol. The third-order valence-electron chi connectivity index (χ3n) is 13.4. The number of ether oxygens (including phenoxy) is 3. The predicted octanol–water partition coefficient (Wildman–Crippen LogP) is 22.2. The number of hydrogen-bond acceptors (Lipinski definition) is 6. The molecule has 0 spiro atoms. The van der Waals surface area contributed by atoms with Gasteiger partial charge in [-0.05, 0) is 116 Å². The number of esters is 3. The quantitative estimate of drug-likeness (QED) is 0.0261. The maximum absolute atomic E-state index is 12.9. The second-order valence-corrected chi connectivity index (χ2v) is 20.9. The zero-order valence-electron chi connectivity index (χ0n) is 50.6. The van der Waals surface area contributed by atoms with E-state index in [-0.39, 0.29) is 37.5 Å². The molecule has 0 rings (SSSR count). The SMILES string of the molecule is CC/C=C\C/C=C\C/C=C\C/C=C\C/C=C\C/C=C\C/C=C\C/C=C\C/C=C\CCCC(=O)OCC(COC(=O)CCCCCCCCCCCC)OC(=O)CCCCCCCCCCC/C=C\C/C=C\CCCCCCC. The van der Waals surface area contributed by atoms with Crippen molar-refractivity contribution in [3.63, 3.8) is 0 Å². The lowest BCUT2D eigenvalue weighted by Crippen LogP contribution is -2.30. The van der Waals surface area contributed by atoms with Crippen molar-refractivity contribution in [2.75, 3.05) is 13.2 Å². The molecule has 0 radical (unpaired) electrons. The Bertz CT molecular complexity index is 1670. The second-order valence-electron chi connectivity index (χ2n) is 20.9. The zero-order chi connectivity index (χ0) is 56.4. The first-order chi connectivity index (χ1) is 38.5. The van der Waals surface area contributed by atoms with Crippen molar-refractivity contribution in [3.8, 4) is 0 Å². The standard InChI is InChI=1S/C72H118O6/c1-4-7-10-13-16-19-22-24-26-28-30-32-33-34-35-36-37-38-39-41-42-44-46-48-50-53-56-59-62-65-71(74)77-68-69(67-76-70(73)64-61-58-55-52-21-18-15-12-9-6-3)78-72(75)66-63-60-57-54-51-49-47-45-43-40-31-29-27-25-23-20-17-14-11-8-5-2/h7,10,16,19,23-26,29-32,34-35,37-38,41-42,46,48,53,56,69H,4-6,8-9,11-15,17-18,20-22,27-28,33,36,39-40,43-45,47,49-52,54-55,57-68H2,1-3H3/b10-7-,19-16-,25-23-,26-24-,31-29-,32-30-,35-34-,38-37-,42-41-,48-46-,56-53-. The van der Waals surface area contributed by atoms with E-state index in [9.17, 15) is 14.4 Å². The van der Waals surface area contributed by atoms with Crippen LogP contribution in [0.25, 0.3) is 0 Å². The molecule has 1 atom stereocenters. The van der Waals surface area contributed by atoms with E-state index in [1.807, 2.05) is 0 Å². The molecule has 0 aromatic heterocycles. The van der Waals surface area contributed by atoms with E-state index in [1.165, 1.54) is 128 Å². The highest BCUT2D eigenvalue weighted by atomic mass is 16.6. The van der Waals surface area contributed by atoms with Crippen LogP contribution in [-0.4, -0.2) is 37.2 Å². The lowest BCUT2D eigenvalue weighted by atomic mass is 10.1. The molecule has 0 aromatic rings. The van der Waals surface area contributed by atoms with Gasteiger partial charge in [0, 0.05) is 19.3 Å². The van der Waals surface area contributed by atoms with E-state index in [0.717, 1.165) is 109 Å². The first kappa shape index (κ1) is 73.5. The van der Waals surface area contributed by atoms with Crippen LogP contribution in [0, 0.1) is 0 Å². The molecule has 0 bridgehead atoms. The van der Waals surface area contributed by atoms with E-state index in [1.54, 1.807) is 0 Å². The highest BCUT2D eigenvalue weighted by molar-refractivity contribution is 5.71. The third-order valence-corrected chi connectivity index (χ3v) is 13.4. The van der Waals surface area contributed by atoms with E-state index in [0.29, 0.717) is 19.3 Å². The van der Waals surface area contributed by atoms with Crippen molar-refractivity contribution in [3.05, 3.63) is 134 Å². The number of hydrogen-bond donors (Lipinski definition) is 0. The van der Waals surface area contributed by atoms with Gasteiger partial charge in [0.25, 0.3) is 0 Å². The first-order valence-electron chi connectivity index (χ1n) is 32.2. The largest absolute Gasteiger partial charge is 0.462 e. The van der Waals surface area contributed by atoms with Gasteiger partial charge in [-0.2, -0.15) is 0 Å². The Labute approximate surface area is 481 Å². The van der Waals surface area contributed by atoms with Gasteiger partial charge in [0.05, 0.1) is 0 Å². The van der Waals surface area contributed by atoms with E-state index < -0.39 is 6.10 Å². The van der Waals surface area contributed by atoms with Crippen LogP contribution in [-0.2, 0) is 28.6 Å². The molecule has 0 N–H and O–H groups in total. The summed E-state index contributed by atoms with van der Waals surface area (Å²) in [6.45, 7) is 6.46. The summed E-state index contributed by atoms with van der Waals surface area (Å²) in [5.41, 5.74) is 0. The van der Waals surface area contributed by atoms with Crippen LogP contribution >= 0.6 is 0 Å². The van der Waals surface area contributed by atoms with Gasteiger partial charge in [-0.1, -0.05) is 283 Å². The molecule has 0 saturated heterocycles. The number of unbranched alkanes of at least 4 members (excludes halogenated alkanes) is 24. The summed E-state index contributed by atoms with van der Waals surface area (Å²) < 4.78 is 16.8. The molecule has 0 aliphatic carbocycles. The summed E-state index contributed by atoms with van der Waals surface area (Å²) in [6.07, 6.45) is 91.8. The molecule has 0 saturated carbocycles. The Kier molecular flexibility index (Phi) is 61.4. The van der Waals surface area contributed by atoms with E-state index >= 15 is 0 Å². The average molecular weight is 1080 g/mol. The molecule has 1 unspecified atom stereocenters. The highest BCUT2D eigenvalue weighted by Crippen LogP contribution is 2.15. The summed E-state index contributed by atoms with van der Waals surface area (Å²) in [5, 5.41) is 0. The van der Waals surface area contributed by atoms with Crippen molar-refractivity contribution in [1.29, 1.82) is 0 Å². The van der Waals surface area contributed by atoms with Gasteiger partial charge in [0.2, 0.25) is 0 Å². The van der Waals surface area contributed by atoms with Gasteiger partial charge >= 0.3 is 17.9 Å². The summed E-state index contributed by atoms with van der Waals surface area (Å²) >= 11 is 0.